The predicted molar refractivity (Wildman–Crippen MR) is 411 cm³/mol. The first kappa shape index (κ1) is 85.3. The molecule has 21 N–H and O–H groups in total. The van der Waals surface area contributed by atoms with E-state index in [1.807, 2.05) is 13.8 Å². The monoisotopic (exact) mass is 1610 g/mol. The number of hydrogen-bond acceptors (Lipinski definition) is 24. The van der Waals surface area contributed by atoms with Crippen LogP contribution in [0.25, 0.3) is 17.2 Å². The fourth-order valence-electron chi connectivity index (χ4n) is 13.4. The number of carbonyl (C=O) groups excluding carboxylic acids is 9. The van der Waals surface area contributed by atoms with Crippen LogP contribution in [-0.4, -0.2) is 189 Å². The number of aliphatic hydroxyl groups is 4. The molecule has 6 aromatic rings. The van der Waals surface area contributed by atoms with Gasteiger partial charge in [0.05, 0.1) is 66.0 Å². The molecule has 5 aliphatic heterocycles. The summed E-state index contributed by atoms with van der Waals surface area (Å²) in [6.45, 7) is 4.34. The number of carbonyl (C=O) groups is 9. The maximum Gasteiger partial charge on any atom is 0.247 e. The molecule has 6 aromatic carbocycles. The van der Waals surface area contributed by atoms with E-state index in [1.54, 1.807) is 31.2 Å². The minimum atomic E-state index is -2.10. The Morgan fingerprint density at radius 2 is 1.54 bits per heavy atom. The smallest absolute Gasteiger partial charge is 0.247 e. The van der Waals surface area contributed by atoms with Gasteiger partial charge in [-0.3, -0.25) is 43.2 Å². The number of nitrogens with one attached hydrogen (secondary N) is 8. The van der Waals surface area contributed by atoms with Crippen molar-refractivity contribution in [1.82, 2.24) is 42.5 Å². The van der Waals surface area contributed by atoms with Crippen LogP contribution in [0, 0.1) is 18.3 Å². The number of phenols is 3. The molecular weight excluding hydrogens is 1530 g/mol. The van der Waals surface area contributed by atoms with Crippen LogP contribution in [0.1, 0.15) is 116 Å². The number of amides is 9. The molecule has 0 aromatic heterocycles. The summed E-state index contributed by atoms with van der Waals surface area (Å²) in [4.78, 5) is 127. The van der Waals surface area contributed by atoms with Crippen molar-refractivity contribution in [3.63, 3.8) is 0 Å². The van der Waals surface area contributed by atoms with Crippen LogP contribution in [0.15, 0.2) is 109 Å². The van der Waals surface area contributed by atoms with Crippen LogP contribution in [0.4, 0.5) is 0 Å². The van der Waals surface area contributed by atoms with Gasteiger partial charge in [0.25, 0.3) is 0 Å². The second kappa shape index (κ2) is 37.7. The van der Waals surface area contributed by atoms with E-state index in [4.69, 9.17) is 75.2 Å². The topological polar surface area (TPSA) is 525 Å². The Hall–Kier alpha value is -11.1. The Balaban J connectivity index is 1.03. The van der Waals surface area contributed by atoms with Gasteiger partial charge in [-0.1, -0.05) is 73.3 Å². The first-order chi connectivity index (χ1) is 54.2. The first-order valence-electron chi connectivity index (χ1n) is 36.3. The molecule has 33 nitrogen and oxygen atoms in total. The summed E-state index contributed by atoms with van der Waals surface area (Å²) in [5.41, 5.74) is 17.5. The number of ether oxygens (including phenoxy) is 6. The average molecular weight is 1620 g/mol. The van der Waals surface area contributed by atoms with Gasteiger partial charge >= 0.3 is 0 Å². The molecule has 5 heterocycles. The molecule has 6 bridgehead atoms. The van der Waals surface area contributed by atoms with Crippen molar-refractivity contribution in [2.75, 3.05) is 40.0 Å². The lowest BCUT2D eigenvalue weighted by Crippen LogP contribution is -2.62. The Bertz CT molecular complexity index is 4700. The maximum absolute atomic E-state index is 15.1. The number of benzene rings is 6. The highest BCUT2D eigenvalue weighted by Gasteiger charge is 2.45. The Morgan fingerprint density at radius 3 is 2.23 bits per heavy atom. The third kappa shape index (κ3) is 21.0. The normalized spacial score (nSPS) is 23.8. The van der Waals surface area contributed by atoms with E-state index in [2.05, 4.69) is 48.5 Å². The van der Waals surface area contributed by atoms with Gasteiger partial charge < -0.3 is 124 Å². The molecule has 0 radical (unpaired) electrons. The summed E-state index contributed by atoms with van der Waals surface area (Å²) < 4.78 is 38.2. The predicted octanol–water partition coefficient (Wildman–Crippen LogP) is 2.52. The van der Waals surface area contributed by atoms with Gasteiger partial charge in [-0.15, -0.1) is 6.42 Å². The average Bonchev–Trinajstić information content (AvgIpc) is 0.774. The molecule has 0 aliphatic carbocycles. The zero-order chi connectivity index (χ0) is 82.6. The number of fused-ring (bicyclic) bond motifs is 13. The molecule has 9 amide bonds. The van der Waals surface area contributed by atoms with E-state index in [1.165, 1.54) is 73.8 Å². The Morgan fingerprint density at radius 1 is 0.807 bits per heavy atom. The lowest BCUT2D eigenvalue weighted by atomic mass is 9.85. The number of primary amides is 2. The molecule has 5 aliphatic rings. The highest BCUT2D eigenvalue weighted by molar-refractivity contribution is 6.32. The van der Waals surface area contributed by atoms with Crippen LogP contribution in [-0.2, 0) is 63.8 Å². The molecule has 114 heavy (non-hydrogen) atoms. The van der Waals surface area contributed by atoms with Crippen molar-refractivity contribution < 1.29 is 107 Å². The lowest BCUT2D eigenvalue weighted by molar-refractivity contribution is -0.202. The molecule has 606 valence electrons. The number of likely N-dealkylation sites (N-methyl/N-ethyl adjacent to an activating group) is 1. The Labute approximate surface area is 663 Å². The molecule has 14 atom stereocenters. The maximum atomic E-state index is 15.1. The molecule has 14 unspecified atom stereocenters. The largest absolute Gasteiger partial charge is 0.508 e. The first-order valence-corrected chi connectivity index (χ1v) is 37.0. The van der Waals surface area contributed by atoms with E-state index >= 15 is 4.79 Å². The van der Waals surface area contributed by atoms with Crippen LogP contribution in [0.5, 0.6) is 46.0 Å². The van der Waals surface area contributed by atoms with Crippen LogP contribution < -0.4 is 73.9 Å². The summed E-state index contributed by atoms with van der Waals surface area (Å²) in [7, 11) is 1.51. The van der Waals surface area contributed by atoms with Gasteiger partial charge in [-0.25, -0.2) is 0 Å². The van der Waals surface area contributed by atoms with Gasteiger partial charge in [0.1, 0.15) is 77.3 Å². The number of halogens is 2. The van der Waals surface area contributed by atoms with Gasteiger partial charge in [0.2, 0.25) is 65.2 Å². The van der Waals surface area contributed by atoms with E-state index in [9.17, 15) is 74.1 Å². The highest BCUT2D eigenvalue weighted by atomic mass is 35.5. The minimum absolute atomic E-state index is 0.0382. The number of terminal acetylenes is 1. The fourth-order valence-corrected chi connectivity index (χ4v) is 13.9. The van der Waals surface area contributed by atoms with Crippen LogP contribution in [0.3, 0.4) is 0 Å². The second-order valence-electron chi connectivity index (χ2n) is 28.4. The van der Waals surface area contributed by atoms with E-state index < -0.39 is 192 Å². The molecule has 0 saturated carbocycles. The SMILES string of the molecule is C#Cc1ccc(C=CC(=O)NCCNC(=O)C2NC(=O)C(C(O)c3ccc(Oc4cc5cc(c4OC4CC(OCC6(N)CCOC(C)C6O)CC(CO)O4)Oc4ccc(cc4Cl)C(O)C(NC(=O)C(CC(C)C)NC)C(=O)NC(CC(N)=O)C(=O)NC5C(N)=O)c(Cl)c3)NC(=O)Cc3ccc(O)c(c3)-c3c(O)cc(O)cc32)cc1. The molecule has 11 rings (SSSR count). The van der Waals surface area contributed by atoms with Crippen LogP contribution in [0.2, 0.25) is 10.0 Å². The van der Waals surface area contributed by atoms with E-state index in [0.717, 1.165) is 24.3 Å². The van der Waals surface area contributed by atoms with Crippen molar-refractivity contribution in [3.05, 3.63) is 158 Å². The summed E-state index contributed by atoms with van der Waals surface area (Å²) >= 11 is 14.2. The van der Waals surface area contributed by atoms with Crippen molar-refractivity contribution in [1.29, 1.82) is 0 Å². The number of phenolic OH excluding ortho intramolecular Hbond substituents is 3. The second-order valence-corrected chi connectivity index (χ2v) is 29.2. The quantitative estimate of drug-likeness (QED) is 0.0235. The minimum Gasteiger partial charge on any atom is -0.508 e. The third-order valence-electron chi connectivity index (χ3n) is 19.5. The summed E-state index contributed by atoms with van der Waals surface area (Å²) in [5, 5.41) is 100. The Kier molecular flexibility index (Phi) is 28.2. The molecule has 2 fully saturated rings. The number of aliphatic hydroxyl groups excluding tert-OH is 4. The van der Waals surface area contributed by atoms with Crippen molar-refractivity contribution in [2.45, 2.75) is 144 Å². The van der Waals surface area contributed by atoms with Crippen LogP contribution >= 0.6 is 23.2 Å². The number of nitrogens with two attached hydrogens (primary N) is 3. The number of aromatic hydroxyl groups is 3. The van der Waals surface area contributed by atoms with Gasteiger partial charge in [0, 0.05) is 61.4 Å². The summed E-state index contributed by atoms with van der Waals surface area (Å²) in [5.74, 6) is -10.4. The molecular formula is C79H89Cl2N11O22. The third-order valence-corrected chi connectivity index (χ3v) is 20.1. The molecule has 2 saturated heterocycles. The van der Waals surface area contributed by atoms with Crippen molar-refractivity contribution in [2.24, 2.45) is 23.1 Å². The zero-order valence-electron chi connectivity index (χ0n) is 62.2. The van der Waals surface area contributed by atoms with Gasteiger partial charge in [-0.2, -0.15) is 0 Å². The van der Waals surface area contributed by atoms with E-state index in [-0.39, 0.29) is 118 Å². The van der Waals surface area contributed by atoms with Gasteiger partial charge in [-0.05, 0) is 139 Å². The summed E-state index contributed by atoms with van der Waals surface area (Å²) in [6.07, 6.45) is -1.87. The molecule has 35 heteroatoms. The van der Waals surface area contributed by atoms with Crippen molar-refractivity contribution >= 4 is 82.4 Å². The fraction of sp³-hybridized carbons (Fsp3) is 0.380. The summed E-state index contributed by atoms with van der Waals surface area (Å²) in [6, 6.07) is 11.5. The molecule has 0 spiro atoms. The van der Waals surface area contributed by atoms with Gasteiger partial charge in [0.15, 0.2) is 11.5 Å². The van der Waals surface area contributed by atoms with Crippen molar-refractivity contribution in [3.8, 4) is 69.5 Å². The number of rotatable bonds is 24. The lowest BCUT2D eigenvalue weighted by Gasteiger charge is -2.43. The van der Waals surface area contributed by atoms with E-state index in [0.29, 0.717) is 11.1 Å². The zero-order valence-corrected chi connectivity index (χ0v) is 63.7. The standard InChI is InChI=1S/C79H89Cl2N11O22/c1-6-39-7-9-40(10-8-39)12-18-61(98)86-20-21-87-76(106)66-49-30-45(94)31-55(96)64(49)48-24-41(11-15-54(48)95)25-62(99)89-67(78(108)91-66)69(100)42-13-16-56(50(80)26-42)112-58-28-44-29-59(71(58)114-63-33-46(32-47(35-93)111-63)110-36-79(84)19-22-109-38(4)72(79)102)113-57-17-14-43(27-51(57)81)70(101)68(92-74(104)52(85-5)23-37(2)3)77(107)88-53(34-60(82)97)75(105)90-65(44)73(83)103/h1,7-18,24,26-31,37-38,46-47,52-53,63,65-70,72,85,93-96,100-102H,19-23,25,32-36,84H2,2-5H3,(H2,82,97)(H2,83,103)(H,86,98)(H,87,106)(H,88,107)(H,89,99)(H,90,105)(H,91,108)(H,92,104). The number of hydrogen-bond donors (Lipinski definition) is 18. The highest BCUT2D eigenvalue weighted by Crippen LogP contribution is 2.49.